The van der Waals surface area contributed by atoms with E-state index in [1.165, 1.54) is 17.2 Å². The van der Waals surface area contributed by atoms with Gasteiger partial charge < -0.3 is 10.3 Å². The van der Waals surface area contributed by atoms with Crippen molar-refractivity contribution in [2.75, 3.05) is 12.0 Å². The predicted octanol–water partition coefficient (Wildman–Crippen LogP) is 1.97. The summed E-state index contributed by atoms with van der Waals surface area (Å²) in [4.78, 5) is 0. The first-order chi connectivity index (χ1) is 9.37. The number of hydrogen-bond acceptors (Lipinski definition) is 3. The van der Waals surface area contributed by atoms with E-state index in [2.05, 4.69) is 22.9 Å². The van der Waals surface area contributed by atoms with E-state index in [-0.39, 0.29) is 11.8 Å². The van der Waals surface area contributed by atoms with E-state index in [9.17, 15) is 8.42 Å². The fraction of sp³-hybridized carbons (Fsp3) is 0.467. The second kappa shape index (κ2) is 5.97. The monoisotopic (exact) mass is 294 g/mol. The lowest BCUT2D eigenvalue weighted by molar-refractivity contribution is 0.593. The van der Waals surface area contributed by atoms with Crippen molar-refractivity contribution in [3.8, 4) is 0 Å². The highest BCUT2D eigenvalue weighted by Crippen LogP contribution is 2.22. The Morgan fingerprint density at radius 1 is 1.30 bits per heavy atom. The molecule has 1 heterocycles. The van der Waals surface area contributed by atoms with E-state index < -0.39 is 9.84 Å². The maximum absolute atomic E-state index is 11.2. The summed E-state index contributed by atoms with van der Waals surface area (Å²) in [7, 11) is -2.89. The lowest BCUT2D eigenvalue weighted by Gasteiger charge is -2.04. The zero-order valence-electron chi connectivity index (χ0n) is 12.0. The summed E-state index contributed by atoms with van der Waals surface area (Å²) in [5.74, 6) is 0.224. The van der Waals surface area contributed by atoms with Crippen LogP contribution in [0, 0.1) is 0 Å². The van der Waals surface area contributed by atoms with Crippen molar-refractivity contribution >= 4 is 20.7 Å². The first-order valence-electron chi connectivity index (χ1n) is 6.87. The van der Waals surface area contributed by atoms with Gasteiger partial charge in [-0.15, -0.1) is 0 Å². The fourth-order valence-corrected chi connectivity index (χ4v) is 3.17. The molecule has 2 rings (SSSR count). The molecule has 0 saturated carbocycles. The van der Waals surface area contributed by atoms with Crippen LogP contribution in [-0.2, 0) is 22.8 Å². The molecule has 0 saturated heterocycles. The van der Waals surface area contributed by atoms with Gasteiger partial charge in [-0.2, -0.15) is 0 Å². The predicted molar refractivity (Wildman–Crippen MR) is 83.6 cm³/mol. The van der Waals surface area contributed by atoms with E-state index in [0.717, 1.165) is 11.9 Å². The molecule has 0 spiro atoms. The third-order valence-electron chi connectivity index (χ3n) is 3.33. The quantitative estimate of drug-likeness (QED) is 0.886. The van der Waals surface area contributed by atoms with E-state index in [1.54, 1.807) is 0 Å². The zero-order valence-corrected chi connectivity index (χ0v) is 12.9. The largest absolute Gasteiger partial charge is 0.347 e. The summed E-state index contributed by atoms with van der Waals surface area (Å²) in [5.41, 5.74) is 8.27. The molecular formula is C15H22N2O2S. The number of hydrogen-bond donors (Lipinski definition) is 1. The number of fused-ring (bicyclic) bond motifs is 1. The minimum Gasteiger partial charge on any atom is -0.347 e. The fourth-order valence-electron chi connectivity index (χ4n) is 2.51. The Morgan fingerprint density at radius 2 is 2.00 bits per heavy atom. The average molecular weight is 294 g/mol. The van der Waals surface area contributed by atoms with Crippen molar-refractivity contribution in [2.24, 2.45) is 5.73 Å². The number of para-hydroxylation sites is 1. The third kappa shape index (κ3) is 3.84. The van der Waals surface area contributed by atoms with Gasteiger partial charge in [-0.05, 0) is 31.4 Å². The molecule has 4 nitrogen and oxygen atoms in total. The number of aryl methyl sites for hydroxylation is 1. The molecule has 2 N–H and O–H groups in total. The van der Waals surface area contributed by atoms with Gasteiger partial charge in [0.05, 0.1) is 5.75 Å². The van der Waals surface area contributed by atoms with Crippen LogP contribution in [0.25, 0.3) is 10.9 Å². The number of nitrogens with two attached hydrogens (primary N) is 1. The molecule has 1 atom stereocenters. The Bertz CT molecular complexity index is 687. The number of sulfone groups is 1. The average Bonchev–Trinajstić information content (AvgIpc) is 2.66. The van der Waals surface area contributed by atoms with Crippen LogP contribution in [0.2, 0.25) is 0 Å². The Hall–Kier alpha value is -1.33. The van der Waals surface area contributed by atoms with Gasteiger partial charge >= 0.3 is 0 Å². The molecule has 5 heteroatoms. The number of benzene rings is 1. The molecule has 0 aliphatic carbocycles. The highest BCUT2D eigenvalue weighted by Gasteiger charge is 2.10. The maximum atomic E-state index is 11.2. The second-order valence-electron chi connectivity index (χ2n) is 5.53. The van der Waals surface area contributed by atoms with Gasteiger partial charge in [0, 0.05) is 35.9 Å². The summed E-state index contributed by atoms with van der Waals surface area (Å²) in [6, 6.07) is 8.31. The van der Waals surface area contributed by atoms with E-state index in [4.69, 9.17) is 5.73 Å². The van der Waals surface area contributed by atoms with Crippen molar-refractivity contribution in [1.82, 2.24) is 4.57 Å². The molecule has 110 valence electrons. The van der Waals surface area contributed by atoms with E-state index in [0.29, 0.717) is 13.0 Å². The van der Waals surface area contributed by atoms with Gasteiger partial charge in [0.25, 0.3) is 0 Å². The molecule has 0 aliphatic rings. The van der Waals surface area contributed by atoms with Crippen molar-refractivity contribution in [3.63, 3.8) is 0 Å². The molecule has 1 aromatic carbocycles. The lowest BCUT2D eigenvalue weighted by Crippen LogP contribution is -2.17. The Labute approximate surface area is 120 Å². The van der Waals surface area contributed by atoms with Gasteiger partial charge in [-0.25, -0.2) is 8.42 Å². The maximum Gasteiger partial charge on any atom is 0.147 e. The summed E-state index contributed by atoms with van der Waals surface area (Å²) in [5, 5.41) is 1.21. The highest BCUT2D eigenvalue weighted by atomic mass is 32.2. The molecule has 20 heavy (non-hydrogen) atoms. The van der Waals surface area contributed by atoms with Crippen molar-refractivity contribution in [3.05, 3.63) is 36.0 Å². The minimum absolute atomic E-state index is 0.116. The van der Waals surface area contributed by atoms with Crippen LogP contribution >= 0.6 is 0 Å². The lowest BCUT2D eigenvalue weighted by atomic mass is 10.1. The minimum atomic E-state index is -2.89. The van der Waals surface area contributed by atoms with Crippen molar-refractivity contribution in [1.29, 1.82) is 0 Å². The molecule has 1 unspecified atom stereocenters. The normalized spacial score (nSPS) is 13.8. The third-order valence-corrected chi connectivity index (χ3v) is 4.36. The Kier molecular flexibility index (Phi) is 4.50. The Morgan fingerprint density at radius 3 is 2.65 bits per heavy atom. The van der Waals surface area contributed by atoms with Crippen LogP contribution in [0.3, 0.4) is 0 Å². The van der Waals surface area contributed by atoms with Crippen LogP contribution in [-0.4, -0.2) is 31.0 Å². The van der Waals surface area contributed by atoms with Gasteiger partial charge in [0.1, 0.15) is 9.84 Å². The standard InChI is InChI=1S/C15H22N2O2S/c1-12(16)10-13-11-17(8-5-9-20(2,18)19)15-7-4-3-6-14(13)15/h3-4,6-7,11-12H,5,8-10,16H2,1-2H3. The topological polar surface area (TPSA) is 65.1 Å². The van der Waals surface area contributed by atoms with Crippen LogP contribution in [0.1, 0.15) is 18.9 Å². The van der Waals surface area contributed by atoms with Gasteiger partial charge in [-0.1, -0.05) is 18.2 Å². The van der Waals surface area contributed by atoms with Crippen LogP contribution in [0.4, 0.5) is 0 Å². The molecule has 0 bridgehead atoms. The van der Waals surface area contributed by atoms with E-state index in [1.807, 2.05) is 19.1 Å². The molecular weight excluding hydrogens is 272 g/mol. The zero-order chi connectivity index (χ0) is 14.8. The van der Waals surface area contributed by atoms with Crippen molar-refractivity contribution in [2.45, 2.75) is 32.4 Å². The molecule has 2 aromatic rings. The molecule has 0 radical (unpaired) electrons. The number of aromatic nitrogens is 1. The first-order valence-corrected chi connectivity index (χ1v) is 8.93. The number of nitrogens with zero attached hydrogens (tertiary/aromatic N) is 1. The highest BCUT2D eigenvalue weighted by molar-refractivity contribution is 7.90. The number of rotatable bonds is 6. The van der Waals surface area contributed by atoms with Crippen molar-refractivity contribution < 1.29 is 8.42 Å². The summed E-state index contributed by atoms with van der Waals surface area (Å²) >= 11 is 0. The van der Waals surface area contributed by atoms with Gasteiger partial charge in [-0.3, -0.25) is 0 Å². The second-order valence-corrected chi connectivity index (χ2v) is 7.79. The molecule has 0 aliphatic heterocycles. The molecule has 0 amide bonds. The van der Waals surface area contributed by atoms with Gasteiger partial charge in [0.15, 0.2) is 0 Å². The summed E-state index contributed by atoms with van der Waals surface area (Å²) in [6.07, 6.45) is 4.85. The molecule has 1 aromatic heterocycles. The van der Waals surface area contributed by atoms with Gasteiger partial charge in [0.2, 0.25) is 0 Å². The summed E-state index contributed by atoms with van der Waals surface area (Å²) in [6.45, 7) is 2.71. The SMILES string of the molecule is CC(N)Cc1cn(CCCS(C)(=O)=O)c2ccccc12. The first kappa shape index (κ1) is 15.1. The van der Waals surface area contributed by atoms with Crippen LogP contribution in [0.5, 0.6) is 0 Å². The molecule has 0 fully saturated rings. The van der Waals surface area contributed by atoms with E-state index >= 15 is 0 Å². The Balaban J connectivity index is 2.24. The summed E-state index contributed by atoms with van der Waals surface area (Å²) < 4.78 is 24.6. The smallest absolute Gasteiger partial charge is 0.147 e. The van der Waals surface area contributed by atoms with Crippen LogP contribution < -0.4 is 5.73 Å². The van der Waals surface area contributed by atoms with Crippen LogP contribution in [0.15, 0.2) is 30.5 Å².